The molecule has 0 spiro atoms. The summed E-state index contributed by atoms with van der Waals surface area (Å²) in [6.07, 6.45) is 0. The fraction of sp³-hybridized carbons (Fsp3) is 0.0625. The molecule has 0 fully saturated rings. The van der Waals surface area contributed by atoms with Gasteiger partial charge in [0.1, 0.15) is 5.82 Å². The molecule has 0 unspecified atom stereocenters. The Morgan fingerprint density at radius 1 is 0.694 bits per heavy atom. The van der Waals surface area contributed by atoms with E-state index in [-0.39, 0.29) is 0 Å². The van der Waals surface area contributed by atoms with Gasteiger partial charge < -0.3 is 0 Å². The van der Waals surface area contributed by atoms with Crippen LogP contribution in [0.3, 0.4) is 0 Å². The van der Waals surface area contributed by atoms with E-state index in [1.165, 1.54) is 36.9 Å². The van der Waals surface area contributed by atoms with E-state index in [0.29, 0.717) is 0 Å². The molecule has 3 nitrogen and oxygen atoms in total. The van der Waals surface area contributed by atoms with Crippen LogP contribution in [-0.4, -0.2) is 14.5 Å². The van der Waals surface area contributed by atoms with Gasteiger partial charge in [-0.2, -0.15) is 0 Å². The molecular weight excluding hydrogens is 458 g/mol. The largest absolute Gasteiger partial charge is 0.291 e. The van der Waals surface area contributed by atoms with Crippen molar-refractivity contribution in [1.29, 1.82) is 0 Å². The minimum atomic E-state index is 0.773. The normalized spacial score (nSPS) is 11.6. The number of hydrogen-bond donors (Lipinski definition) is 0. The van der Waals surface area contributed by atoms with Crippen LogP contribution >= 0.6 is 11.3 Å². The predicted molar refractivity (Wildman–Crippen MR) is 152 cm³/mol. The number of rotatable bonds is 3. The molecule has 0 saturated carbocycles. The first-order valence-electron chi connectivity index (χ1n) is 12.1. The van der Waals surface area contributed by atoms with E-state index in [1.54, 1.807) is 0 Å². The molecule has 7 rings (SSSR count). The van der Waals surface area contributed by atoms with Crippen LogP contribution < -0.4 is 0 Å². The minimum absolute atomic E-state index is 0.773. The fourth-order valence-corrected chi connectivity index (χ4v) is 6.44. The zero-order valence-electron chi connectivity index (χ0n) is 20.1. The zero-order chi connectivity index (χ0) is 24.2. The van der Waals surface area contributed by atoms with Crippen LogP contribution in [0.2, 0.25) is 0 Å². The Bertz CT molecular complexity index is 1900. The molecule has 0 aliphatic carbocycles. The molecule has 0 N–H and O–H groups in total. The van der Waals surface area contributed by atoms with Gasteiger partial charge >= 0.3 is 0 Å². The third-order valence-electron chi connectivity index (χ3n) is 6.85. The van der Waals surface area contributed by atoms with Crippen molar-refractivity contribution in [1.82, 2.24) is 14.5 Å². The lowest BCUT2D eigenvalue weighted by atomic mass is 10.0. The lowest BCUT2D eigenvalue weighted by Crippen LogP contribution is -1.97. The molecule has 0 bridgehead atoms. The standard InChI is InChI=1S/C32H23N3S/c1-20-13-16-26(30-29(20)25-17-15-23(19-28(25)36-30)22-9-5-3-6-10-22)32-34-31-27(18-14-21(2)33-31)35(32)24-11-7-4-8-12-24/h3-19H,1-2H3. The van der Waals surface area contributed by atoms with Gasteiger partial charge in [0.25, 0.3) is 0 Å². The van der Waals surface area contributed by atoms with Crippen LogP contribution in [0.15, 0.2) is 103 Å². The lowest BCUT2D eigenvalue weighted by molar-refractivity contribution is 1.11. The van der Waals surface area contributed by atoms with Crippen LogP contribution in [0, 0.1) is 13.8 Å². The Morgan fingerprint density at radius 2 is 1.47 bits per heavy atom. The first-order chi connectivity index (χ1) is 17.7. The number of pyridine rings is 1. The van der Waals surface area contributed by atoms with Gasteiger partial charge in [-0.25, -0.2) is 9.97 Å². The van der Waals surface area contributed by atoms with Crippen molar-refractivity contribution in [3.63, 3.8) is 0 Å². The number of benzene rings is 4. The Balaban J connectivity index is 1.53. The van der Waals surface area contributed by atoms with Gasteiger partial charge in [0.05, 0.1) is 5.52 Å². The van der Waals surface area contributed by atoms with E-state index in [0.717, 1.165) is 33.9 Å². The van der Waals surface area contributed by atoms with E-state index in [1.807, 2.05) is 24.3 Å². The van der Waals surface area contributed by atoms with Crippen molar-refractivity contribution >= 4 is 42.7 Å². The van der Waals surface area contributed by atoms with Gasteiger partial charge in [-0.05, 0) is 66.9 Å². The van der Waals surface area contributed by atoms with Gasteiger partial charge in [-0.1, -0.05) is 66.7 Å². The van der Waals surface area contributed by atoms with Gasteiger partial charge in [0.15, 0.2) is 5.65 Å². The van der Waals surface area contributed by atoms with Gasteiger partial charge in [-0.3, -0.25) is 4.57 Å². The van der Waals surface area contributed by atoms with Crippen LogP contribution in [0.1, 0.15) is 11.3 Å². The minimum Gasteiger partial charge on any atom is -0.291 e. The Labute approximate surface area is 213 Å². The number of imidazole rings is 1. The second-order valence-electron chi connectivity index (χ2n) is 9.21. The highest BCUT2D eigenvalue weighted by molar-refractivity contribution is 7.26. The van der Waals surface area contributed by atoms with Crippen LogP contribution in [0.25, 0.3) is 59.5 Å². The first-order valence-corrected chi connectivity index (χ1v) is 12.9. The molecule has 0 saturated heterocycles. The highest BCUT2D eigenvalue weighted by Crippen LogP contribution is 2.43. The van der Waals surface area contributed by atoms with E-state index in [2.05, 4.69) is 109 Å². The smallest absolute Gasteiger partial charge is 0.178 e. The second-order valence-corrected chi connectivity index (χ2v) is 10.3. The van der Waals surface area contributed by atoms with E-state index in [4.69, 9.17) is 9.97 Å². The molecule has 4 aromatic carbocycles. The molecule has 0 radical (unpaired) electrons. The van der Waals surface area contributed by atoms with Gasteiger partial charge in [0.2, 0.25) is 0 Å². The van der Waals surface area contributed by atoms with Crippen LogP contribution in [0.4, 0.5) is 0 Å². The molecule has 172 valence electrons. The topological polar surface area (TPSA) is 30.7 Å². The Hall–Kier alpha value is -4.28. The summed E-state index contributed by atoms with van der Waals surface area (Å²) in [4.78, 5) is 9.86. The van der Waals surface area contributed by atoms with E-state index >= 15 is 0 Å². The molecule has 36 heavy (non-hydrogen) atoms. The number of thiophene rings is 1. The predicted octanol–water partition coefficient (Wildman–Crippen LogP) is 8.74. The number of aromatic nitrogens is 3. The molecule has 0 aliphatic rings. The summed E-state index contributed by atoms with van der Waals surface area (Å²) in [5, 5.41) is 2.60. The highest BCUT2D eigenvalue weighted by Gasteiger charge is 2.20. The van der Waals surface area contributed by atoms with Crippen molar-refractivity contribution in [2.24, 2.45) is 0 Å². The summed E-state index contributed by atoms with van der Waals surface area (Å²) in [6, 6.07) is 36.5. The average Bonchev–Trinajstić information content (AvgIpc) is 3.48. The highest BCUT2D eigenvalue weighted by atomic mass is 32.1. The molecule has 0 aliphatic heterocycles. The molecule has 7 aromatic rings. The number of aryl methyl sites for hydroxylation is 2. The van der Waals surface area contributed by atoms with Crippen LogP contribution in [-0.2, 0) is 0 Å². The van der Waals surface area contributed by atoms with E-state index < -0.39 is 0 Å². The molecule has 0 amide bonds. The van der Waals surface area contributed by atoms with Crippen molar-refractivity contribution in [3.8, 4) is 28.2 Å². The van der Waals surface area contributed by atoms with Crippen molar-refractivity contribution in [3.05, 3.63) is 114 Å². The number of nitrogens with zero attached hydrogens (tertiary/aromatic N) is 3. The third-order valence-corrected chi connectivity index (χ3v) is 8.04. The maximum absolute atomic E-state index is 5.09. The first kappa shape index (κ1) is 21.0. The maximum atomic E-state index is 5.09. The second kappa shape index (κ2) is 8.14. The summed E-state index contributed by atoms with van der Waals surface area (Å²) in [5.41, 5.74) is 8.74. The number of hydrogen-bond acceptors (Lipinski definition) is 3. The summed E-state index contributed by atoms with van der Waals surface area (Å²) >= 11 is 1.85. The Kier molecular flexibility index (Phi) is 4.76. The summed E-state index contributed by atoms with van der Waals surface area (Å²) < 4.78 is 4.80. The van der Waals surface area contributed by atoms with Crippen molar-refractivity contribution in [2.75, 3.05) is 0 Å². The maximum Gasteiger partial charge on any atom is 0.178 e. The zero-order valence-corrected chi connectivity index (χ0v) is 20.9. The molecule has 4 heteroatoms. The quantitative estimate of drug-likeness (QED) is 0.253. The molecule has 3 heterocycles. The lowest BCUT2D eigenvalue weighted by Gasteiger charge is -2.11. The third kappa shape index (κ3) is 3.26. The number of para-hydroxylation sites is 1. The average molecular weight is 482 g/mol. The monoisotopic (exact) mass is 481 g/mol. The van der Waals surface area contributed by atoms with Crippen molar-refractivity contribution < 1.29 is 0 Å². The summed E-state index contributed by atoms with van der Waals surface area (Å²) in [6.45, 7) is 4.22. The van der Waals surface area contributed by atoms with Gasteiger partial charge in [-0.15, -0.1) is 11.3 Å². The summed E-state index contributed by atoms with van der Waals surface area (Å²) in [5.74, 6) is 0.925. The number of fused-ring (bicyclic) bond motifs is 4. The van der Waals surface area contributed by atoms with Crippen LogP contribution in [0.5, 0.6) is 0 Å². The fourth-order valence-electron chi connectivity index (χ4n) is 5.11. The van der Waals surface area contributed by atoms with E-state index in [9.17, 15) is 0 Å². The molecular formula is C32H23N3S. The molecule has 0 atom stereocenters. The Morgan fingerprint density at radius 3 is 2.28 bits per heavy atom. The van der Waals surface area contributed by atoms with Crippen molar-refractivity contribution in [2.45, 2.75) is 13.8 Å². The SMILES string of the molecule is Cc1ccc2c(n1)nc(-c1ccc(C)c3c1sc1cc(-c4ccccc4)ccc13)n2-c1ccccc1. The summed E-state index contributed by atoms with van der Waals surface area (Å²) in [7, 11) is 0. The van der Waals surface area contributed by atoms with Gasteiger partial charge in [0, 0.05) is 37.1 Å². The molecule has 3 aromatic heterocycles.